The lowest BCUT2D eigenvalue weighted by molar-refractivity contribution is 0.300. The number of ether oxygens (including phenoxy) is 1. The Hall–Kier alpha value is -1.92. The van der Waals surface area contributed by atoms with Gasteiger partial charge in [-0.25, -0.2) is 4.39 Å². The molecule has 6 heteroatoms. The second-order valence-corrected chi connectivity index (χ2v) is 3.67. The number of hydrogen-bond donors (Lipinski definition) is 2. The van der Waals surface area contributed by atoms with Gasteiger partial charge in [-0.15, -0.1) is 0 Å². The predicted molar refractivity (Wildman–Crippen MR) is 64.8 cm³/mol. The van der Waals surface area contributed by atoms with Gasteiger partial charge in [-0.3, -0.25) is 4.98 Å². The summed E-state index contributed by atoms with van der Waals surface area (Å²) in [6.45, 7) is 0.129. The van der Waals surface area contributed by atoms with E-state index in [1.54, 1.807) is 24.4 Å². The molecule has 18 heavy (non-hydrogen) atoms. The Balaban J connectivity index is 2.15. The molecule has 2 N–H and O–H groups in total. The van der Waals surface area contributed by atoms with Crippen molar-refractivity contribution in [1.82, 2.24) is 4.98 Å². The molecule has 0 fully saturated rings. The van der Waals surface area contributed by atoms with E-state index in [4.69, 9.17) is 14.8 Å². The Bertz CT molecular complexity index is 522. The molecule has 0 aliphatic heterocycles. The molecule has 0 bridgehead atoms. The molecule has 4 nitrogen and oxygen atoms in total. The van der Waals surface area contributed by atoms with Crippen molar-refractivity contribution in [1.29, 1.82) is 0 Å². The number of pyridine rings is 1. The second kappa shape index (κ2) is 5.62. The average Bonchev–Trinajstić information content (AvgIpc) is 2.37. The van der Waals surface area contributed by atoms with E-state index in [-0.39, 0.29) is 17.8 Å². The summed E-state index contributed by atoms with van der Waals surface area (Å²) in [7, 11) is -1.70. The molecule has 0 atom stereocenters. The van der Waals surface area contributed by atoms with Gasteiger partial charge >= 0.3 is 7.12 Å². The third-order valence-corrected chi connectivity index (χ3v) is 2.36. The van der Waals surface area contributed by atoms with Crippen LogP contribution < -0.4 is 10.2 Å². The predicted octanol–water partition coefficient (Wildman–Crippen LogP) is 0.479. The minimum atomic E-state index is -1.70. The molecule has 0 amide bonds. The first-order valence-corrected chi connectivity index (χ1v) is 5.35. The lowest BCUT2D eigenvalue weighted by atomic mass is 9.79. The summed E-state index contributed by atoms with van der Waals surface area (Å²) in [5.41, 5.74) is 0.785. The van der Waals surface area contributed by atoms with Crippen LogP contribution in [-0.4, -0.2) is 22.2 Å². The lowest BCUT2D eigenvalue weighted by Gasteiger charge is -2.10. The third kappa shape index (κ3) is 3.06. The summed E-state index contributed by atoms with van der Waals surface area (Å²) in [6, 6.07) is 8.86. The zero-order chi connectivity index (χ0) is 13.0. The topological polar surface area (TPSA) is 62.6 Å². The van der Waals surface area contributed by atoms with E-state index in [1.807, 2.05) is 0 Å². The Kier molecular flexibility index (Phi) is 3.91. The van der Waals surface area contributed by atoms with Gasteiger partial charge in [0.1, 0.15) is 18.2 Å². The SMILES string of the molecule is OB(O)c1ccc(F)cc1OCc1ccccn1. The van der Waals surface area contributed by atoms with Gasteiger partial charge in [0.15, 0.2) is 0 Å². The largest absolute Gasteiger partial charge is 0.492 e. The van der Waals surface area contributed by atoms with E-state index in [0.29, 0.717) is 5.69 Å². The van der Waals surface area contributed by atoms with Crippen LogP contribution in [0.1, 0.15) is 5.69 Å². The van der Waals surface area contributed by atoms with Crippen LogP contribution >= 0.6 is 0 Å². The number of nitrogens with zero attached hydrogens (tertiary/aromatic N) is 1. The van der Waals surface area contributed by atoms with Gasteiger partial charge in [0.25, 0.3) is 0 Å². The minimum absolute atomic E-state index is 0.0932. The molecular formula is C12H11BFNO3. The van der Waals surface area contributed by atoms with E-state index in [0.717, 1.165) is 12.1 Å². The summed E-state index contributed by atoms with van der Waals surface area (Å²) >= 11 is 0. The lowest BCUT2D eigenvalue weighted by Crippen LogP contribution is -2.31. The maximum Gasteiger partial charge on any atom is 0.492 e. The van der Waals surface area contributed by atoms with Crippen LogP contribution in [0.2, 0.25) is 0 Å². The van der Waals surface area contributed by atoms with Crippen LogP contribution in [0.15, 0.2) is 42.6 Å². The van der Waals surface area contributed by atoms with Crippen molar-refractivity contribution in [2.45, 2.75) is 6.61 Å². The first kappa shape index (κ1) is 12.5. The first-order chi connectivity index (χ1) is 8.66. The van der Waals surface area contributed by atoms with Crippen LogP contribution in [0.25, 0.3) is 0 Å². The summed E-state index contributed by atoms with van der Waals surface area (Å²) in [6.07, 6.45) is 1.62. The fourth-order valence-electron chi connectivity index (χ4n) is 1.48. The molecule has 0 aliphatic carbocycles. The smallest absolute Gasteiger partial charge is 0.488 e. The van der Waals surface area contributed by atoms with E-state index >= 15 is 0 Å². The Morgan fingerprint density at radius 3 is 2.72 bits per heavy atom. The molecule has 1 aromatic carbocycles. The highest BCUT2D eigenvalue weighted by Crippen LogP contribution is 2.12. The molecule has 1 aromatic heterocycles. The van der Waals surface area contributed by atoms with Gasteiger partial charge in [-0.05, 0) is 18.2 Å². The van der Waals surface area contributed by atoms with Gasteiger partial charge in [0.2, 0.25) is 0 Å². The third-order valence-electron chi connectivity index (χ3n) is 2.36. The van der Waals surface area contributed by atoms with Crippen molar-refractivity contribution in [3.05, 3.63) is 54.1 Å². The monoisotopic (exact) mass is 247 g/mol. The van der Waals surface area contributed by atoms with Gasteiger partial charge in [0, 0.05) is 17.7 Å². The fraction of sp³-hybridized carbons (Fsp3) is 0.0833. The molecule has 2 rings (SSSR count). The fourth-order valence-corrected chi connectivity index (χ4v) is 1.48. The van der Waals surface area contributed by atoms with E-state index in [9.17, 15) is 4.39 Å². The van der Waals surface area contributed by atoms with Gasteiger partial charge in [-0.1, -0.05) is 12.1 Å². The highest BCUT2D eigenvalue weighted by Gasteiger charge is 2.17. The van der Waals surface area contributed by atoms with Crippen molar-refractivity contribution >= 4 is 12.6 Å². The number of hydrogen-bond acceptors (Lipinski definition) is 4. The zero-order valence-corrected chi connectivity index (χ0v) is 9.45. The van der Waals surface area contributed by atoms with Crippen LogP contribution in [0.4, 0.5) is 4.39 Å². The Morgan fingerprint density at radius 2 is 2.06 bits per heavy atom. The van der Waals surface area contributed by atoms with Gasteiger partial charge < -0.3 is 14.8 Å². The Morgan fingerprint density at radius 1 is 1.22 bits per heavy atom. The van der Waals surface area contributed by atoms with Crippen molar-refractivity contribution < 1.29 is 19.2 Å². The van der Waals surface area contributed by atoms with Crippen molar-refractivity contribution in [3.63, 3.8) is 0 Å². The first-order valence-electron chi connectivity index (χ1n) is 5.35. The molecule has 0 saturated carbocycles. The quantitative estimate of drug-likeness (QED) is 0.771. The van der Waals surface area contributed by atoms with Crippen molar-refractivity contribution in [2.75, 3.05) is 0 Å². The number of rotatable bonds is 4. The molecule has 2 aromatic rings. The normalized spacial score (nSPS) is 10.2. The summed E-state index contributed by atoms with van der Waals surface area (Å²) in [5.74, 6) is -0.411. The second-order valence-electron chi connectivity index (χ2n) is 3.67. The molecule has 92 valence electrons. The summed E-state index contributed by atoms with van der Waals surface area (Å²) < 4.78 is 18.4. The van der Waals surface area contributed by atoms with Crippen LogP contribution in [-0.2, 0) is 6.61 Å². The zero-order valence-electron chi connectivity index (χ0n) is 9.45. The standard InChI is InChI=1S/C12H11BFNO3/c14-9-4-5-11(13(16)17)12(7-9)18-8-10-3-1-2-6-15-10/h1-7,16-17H,8H2. The van der Waals surface area contributed by atoms with E-state index < -0.39 is 12.9 Å². The highest BCUT2D eigenvalue weighted by molar-refractivity contribution is 6.59. The minimum Gasteiger partial charge on any atom is -0.488 e. The molecule has 0 aliphatic rings. The molecule has 1 heterocycles. The molecule has 0 radical (unpaired) electrons. The van der Waals surface area contributed by atoms with Crippen LogP contribution in [0.5, 0.6) is 5.75 Å². The van der Waals surface area contributed by atoms with Crippen molar-refractivity contribution in [2.24, 2.45) is 0 Å². The van der Waals surface area contributed by atoms with Crippen LogP contribution in [0, 0.1) is 5.82 Å². The maximum absolute atomic E-state index is 13.1. The van der Waals surface area contributed by atoms with Gasteiger partial charge in [-0.2, -0.15) is 0 Å². The maximum atomic E-state index is 13.1. The molecule has 0 spiro atoms. The van der Waals surface area contributed by atoms with E-state index in [1.165, 1.54) is 6.07 Å². The Labute approximate surface area is 104 Å². The average molecular weight is 247 g/mol. The van der Waals surface area contributed by atoms with Crippen LogP contribution in [0.3, 0.4) is 0 Å². The summed E-state index contributed by atoms with van der Waals surface area (Å²) in [5, 5.41) is 18.3. The van der Waals surface area contributed by atoms with Gasteiger partial charge in [0.05, 0.1) is 5.69 Å². The number of benzene rings is 1. The molecular weight excluding hydrogens is 236 g/mol. The molecule has 0 unspecified atom stereocenters. The van der Waals surface area contributed by atoms with Crippen molar-refractivity contribution in [3.8, 4) is 5.75 Å². The highest BCUT2D eigenvalue weighted by atomic mass is 19.1. The molecule has 0 saturated heterocycles. The summed E-state index contributed by atoms with van der Waals surface area (Å²) in [4.78, 5) is 4.05. The number of aromatic nitrogens is 1. The number of halogens is 1. The van der Waals surface area contributed by atoms with E-state index in [2.05, 4.69) is 4.98 Å².